The summed E-state index contributed by atoms with van der Waals surface area (Å²) in [5, 5.41) is 13.5. The number of carbonyl (C=O) groups excluding carboxylic acids is 1. The third-order valence-corrected chi connectivity index (χ3v) is 4.38. The number of nitrogens with one attached hydrogen (secondary N) is 1. The van der Waals surface area contributed by atoms with Gasteiger partial charge in [-0.2, -0.15) is 0 Å². The monoisotopic (exact) mass is 360 g/mol. The molecule has 0 spiro atoms. The lowest BCUT2D eigenvalue weighted by molar-refractivity contribution is -0.115. The largest absolute Gasteiger partial charge is 0.507 e. The highest BCUT2D eigenvalue weighted by molar-refractivity contribution is 8.18. The van der Waals surface area contributed by atoms with Gasteiger partial charge in [0.15, 0.2) is 5.17 Å². The highest BCUT2D eigenvalue weighted by Crippen LogP contribution is 2.31. The number of thioether (sulfide) groups is 1. The summed E-state index contributed by atoms with van der Waals surface area (Å²) >= 11 is 7.12. The molecule has 1 saturated heterocycles. The van der Waals surface area contributed by atoms with Crippen molar-refractivity contribution in [3.05, 3.63) is 58.0 Å². The Morgan fingerprint density at radius 2 is 2.00 bits per heavy atom. The zero-order chi connectivity index (χ0) is 17.1. The van der Waals surface area contributed by atoms with Crippen molar-refractivity contribution in [2.75, 3.05) is 7.11 Å². The molecular weight excluding hydrogens is 348 g/mol. The summed E-state index contributed by atoms with van der Waals surface area (Å²) in [4.78, 5) is 16.9. The number of aromatic hydroxyl groups is 1. The first kappa shape index (κ1) is 16.4. The minimum Gasteiger partial charge on any atom is -0.507 e. The van der Waals surface area contributed by atoms with Gasteiger partial charge in [-0.3, -0.25) is 4.79 Å². The van der Waals surface area contributed by atoms with Crippen LogP contribution >= 0.6 is 23.4 Å². The van der Waals surface area contributed by atoms with Crippen LogP contribution in [0.15, 0.2) is 52.4 Å². The number of carbonyl (C=O) groups is 1. The molecule has 1 amide bonds. The van der Waals surface area contributed by atoms with Gasteiger partial charge < -0.3 is 15.2 Å². The fourth-order valence-electron chi connectivity index (χ4n) is 2.04. The predicted octanol–water partition coefficient (Wildman–Crippen LogP) is 3.95. The van der Waals surface area contributed by atoms with Crippen molar-refractivity contribution >= 4 is 46.2 Å². The molecule has 0 unspecified atom stereocenters. The number of amidine groups is 1. The van der Waals surface area contributed by atoms with Crippen LogP contribution in [0.4, 0.5) is 5.69 Å². The number of benzene rings is 2. The molecule has 0 aliphatic carbocycles. The molecule has 3 rings (SSSR count). The van der Waals surface area contributed by atoms with Crippen LogP contribution in [0.3, 0.4) is 0 Å². The van der Waals surface area contributed by atoms with Crippen LogP contribution < -0.4 is 10.1 Å². The van der Waals surface area contributed by atoms with Crippen LogP contribution in [-0.4, -0.2) is 23.3 Å². The van der Waals surface area contributed by atoms with Crippen LogP contribution in [0.5, 0.6) is 11.5 Å². The highest BCUT2D eigenvalue weighted by Gasteiger charge is 2.24. The van der Waals surface area contributed by atoms with E-state index in [1.807, 2.05) is 0 Å². The number of phenols is 1. The van der Waals surface area contributed by atoms with Gasteiger partial charge in [0.25, 0.3) is 5.91 Å². The number of nitrogens with zero attached hydrogens (tertiary/aromatic N) is 1. The number of methoxy groups -OCH3 is 1. The third kappa shape index (κ3) is 3.72. The molecule has 1 heterocycles. The van der Waals surface area contributed by atoms with E-state index < -0.39 is 0 Å². The van der Waals surface area contributed by atoms with Crippen LogP contribution in [-0.2, 0) is 4.79 Å². The number of amides is 1. The Morgan fingerprint density at radius 1 is 1.25 bits per heavy atom. The fraction of sp³-hybridized carbons (Fsp3) is 0.0588. The molecular formula is C17H13ClN2O3S. The molecule has 7 heteroatoms. The normalized spacial score (nSPS) is 17.3. The molecule has 2 aromatic carbocycles. The maximum Gasteiger partial charge on any atom is 0.264 e. The van der Waals surface area contributed by atoms with Crippen molar-refractivity contribution in [2.24, 2.45) is 4.99 Å². The lowest BCUT2D eigenvalue weighted by Gasteiger charge is -2.00. The Bertz CT molecular complexity index is 847. The minimum atomic E-state index is -0.272. The standard InChI is InChI=1S/C17H13ClN2O3S/c1-23-13-5-3-12(4-6-13)19-17-20-16(22)15(24-17)9-10-8-11(18)2-7-14(10)21/h2-9,21H,1H3,(H,19,20,22). The summed E-state index contributed by atoms with van der Waals surface area (Å²) in [5.74, 6) is 0.520. The van der Waals surface area contributed by atoms with Crippen LogP contribution in [0.2, 0.25) is 5.02 Å². The summed E-state index contributed by atoms with van der Waals surface area (Å²) in [5.41, 5.74) is 1.18. The number of hydrogen-bond donors (Lipinski definition) is 2. The van der Waals surface area contributed by atoms with Gasteiger partial charge in [0.2, 0.25) is 0 Å². The van der Waals surface area contributed by atoms with Crippen LogP contribution in [0.25, 0.3) is 6.08 Å². The average Bonchev–Trinajstić information content (AvgIpc) is 2.91. The molecule has 0 radical (unpaired) electrons. The zero-order valence-corrected chi connectivity index (χ0v) is 14.2. The van der Waals surface area contributed by atoms with E-state index in [0.29, 0.717) is 26.3 Å². The molecule has 122 valence electrons. The van der Waals surface area contributed by atoms with Crippen molar-refractivity contribution in [1.29, 1.82) is 0 Å². The molecule has 5 nitrogen and oxygen atoms in total. The SMILES string of the molecule is COc1ccc(N=C2NC(=O)C(=Cc3cc(Cl)ccc3O)S2)cc1. The topological polar surface area (TPSA) is 70.9 Å². The Hall–Kier alpha value is -2.44. The molecule has 0 aromatic heterocycles. The summed E-state index contributed by atoms with van der Waals surface area (Å²) in [6.45, 7) is 0. The van der Waals surface area contributed by atoms with Gasteiger partial charge in [-0.15, -0.1) is 0 Å². The second-order valence-electron chi connectivity index (χ2n) is 4.88. The van der Waals surface area contributed by atoms with Gasteiger partial charge in [0.1, 0.15) is 11.5 Å². The Kier molecular flexibility index (Phi) is 4.78. The van der Waals surface area contributed by atoms with E-state index >= 15 is 0 Å². The minimum absolute atomic E-state index is 0.0563. The van der Waals surface area contributed by atoms with Gasteiger partial charge in [-0.25, -0.2) is 4.99 Å². The fourth-order valence-corrected chi connectivity index (χ4v) is 3.05. The average molecular weight is 361 g/mol. The second-order valence-corrected chi connectivity index (χ2v) is 6.35. The number of hydrogen-bond acceptors (Lipinski definition) is 5. The van der Waals surface area contributed by atoms with E-state index in [1.54, 1.807) is 49.6 Å². The summed E-state index contributed by atoms with van der Waals surface area (Å²) in [7, 11) is 1.59. The molecule has 24 heavy (non-hydrogen) atoms. The zero-order valence-electron chi connectivity index (χ0n) is 12.6. The number of ether oxygens (including phenoxy) is 1. The second kappa shape index (κ2) is 6.98. The highest BCUT2D eigenvalue weighted by atomic mass is 35.5. The maximum absolute atomic E-state index is 12.1. The van der Waals surface area contributed by atoms with Crippen molar-refractivity contribution in [2.45, 2.75) is 0 Å². The Balaban J connectivity index is 1.83. The predicted molar refractivity (Wildman–Crippen MR) is 96.9 cm³/mol. The van der Waals surface area contributed by atoms with E-state index in [0.717, 1.165) is 5.75 Å². The summed E-state index contributed by atoms with van der Waals surface area (Å²) in [6, 6.07) is 11.8. The van der Waals surface area contributed by atoms with Gasteiger partial charge in [0.05, 0.1) is 17.7 Å². The van der Waals surface area contributed by atoms with Gasteiger partial charge >= 0.3 is 0 Å². The van der Waals surface area contributed by atoms with E-state index in [-0.39, 0.29) is 11.7 Å². The first-order chi connectivity index (χ1) is 11.5. The number of phenolic OH excluding ortho intramolecular Hbond substituents is 1. The van der Waals surface area contributed by atoms with E-state index in [9.17, 15) is 9.90 Å². The molecule has 0 saturated carbocycles. The van der Waals surface area contributed by atoms with Crippen LogP contribution in [0, 0.1) is 0 Å². The lowest BCUT2D eigenvalue weighted by Crippen LogP contribution is -2.19. The smallest absolute Gasteiger partial charge is 0.264 e. The lowest BCUT2D eigenvalue weighted by atomic mass is 10.2. The Labute approximate surface area is 148 Å². The molecule has 0 atom stereocenters. The van der Waals surface area contributed by atoms with Gasteiger partial charge in [-0.05, 0) is 60.3 Å². The van der Waals surface area contributed by atoms with Crippen molar-refractivity contribution < 1.29 is 14.6 Å². The van der Waals surface area contributed by atoms with E-state index in [1.165, 1.54) is 17.8 Å². The quantitative estimate of drug-likeness (QED) is 0.813. The van der Waals surface area contributed by atoms with Crippen molar-refractivity contribution in [3.8, 4) is 11.5 Å². The Morgan fingerprint density at radius 3 is 2.71 bits per heavy atom. The summed E-state index contributed by atoms with van der Waals surface area (Å²) < 4.78 is 5.09. The third-order valence-electron chi connectivity index (χ3n) is 3.23. The first-order valence-corrected chi connectivity index (χ1v) is 8.17. The van der Waals surface area contributed by atoms with Crippen molar-refractivity contribution in [1.82, 2.24) is 5.32 Å². The molecule has 1 fully saturated rings. The summed E-state index contributed by atoms with van der Waals surface area (Å²) in [6.07, 6.45) is 1.58. The molecule has 0 bridgehead atoms. The van der Waals surface area contributed by atoms with E-state index in [4.69, 9.17) is 16.3 Å². The molecule has 1 aliphatic rings. The first-order valence-electron chi connectivity index (χ1n) is 6.97. The molecule has 1 aliphatic heterocycles. The van der Waals surface area contributed by atoms with Gasteiger partial charge in [-0.1, -0.05) is 11.6 Å². The van der Waals surface area contributed by atoms with E-state index in [2.05, 4.69) is 10.3 Å². The number of aliphatic imine (C=N–C) groups is 1. The molecule has 2 aromatic rings. The van der Waals surface area contributed by atoms with Gasteiger partial charge in [0, 0.05) is 10.6 Å². The molecule has 2 N–H and O–H groups in total. The van der Waals surface area contributed by atoms with Crippen molar-refractivity contribution in [3.63, 3.8) is 0 Å². The number of rotatable bonds is 3. The maximum atomic E-state index is 12.1. The van der Waals surface area contributed by atoms with Crippen LogP contribution in [0.1, 0.15) is 5.56 Å². The number of halogens is 1.